The molecule has 3 aromatic rings. The number of thiophene rings is 1. The molecule has 4 rings (SSSR count). The zero-order chi connectivity index (χ0) is 15.1. The Morgan fingerprint density at radius 1 is 1.09 bits per heavy atom. The van der Waals surface area contributed by atoms with Crippen LogP contribution in [0.15, 0.2) is 30.3 Å². The second kappa shape index (κ2) is 5.40. The molecule has 2 heterocycles. The van der Waals surface area contributed by atoms with Gasteiger partial charge in [0.05, 0.1) is 10.6 Å². The van der Waals surface area contributed by atoms with Crippen LogP contribution in [0.2, 0.25) is 0 Å². The molecule has 1 aromatic carbocycles. The van der Waals surface area contributed by atoms with Crippen LogP contribution in [0.5, 0.6) is 0 Å². The number of rotatable bonds is 2. The second-order valence-electron chi connectivity index (χ2n) is 5.97. The maximum atomic E-state index is 6.56. The molecule has 2 N–H and O–H groups in total. The highest BCUT2D eigenvalue weighted by atomic mass is 32.1. The van der Waals surface area contributed by atoms with Crippen LogP contribution in [0.3, 0.4) is 0 Å². The highest BCUT2D eigenvalue weighted by Gasteiger charge is 2.22. The Kier molecular flexibility index (Phi) is 3.38. The van der Waals surface area contributed by atoms with Gasteiger partial charge in [0.15, 0.2) is 0 Å². The molecule has 0 saturated carbocycles. The highest BCUT2D eigenvalue weighted by Crippen LogP contribution is 2.44. The normalized spacial score (nSPS) is 14.2. The van der Waals surface area contributed by atoms with Crippen molar-refractivity contribution in [1.82, 2.24) is 4.98 Å². The van der Waals surface area contributed by atoms with Crippen molar-refractivity contribution in [3.63, 3.8) is 0 Å². The van der Waals surface area contributed by atoms with Gasteiger partial charge in [-0.3, -0.25) is 0 Å². The van der Waals surface area contributed by atoms with Gasteiger partial charge in [-0.15, -0.1) is 11.3 Å². The minimum atomic E-state index is 0.930. The number of aryl methyl sites for hydroxylation is 2. The maximum absolute atomic E-state index is 6.56. The van der Waals surface area contributed by atoms with Gasteiger partial charge < -0.3 is 5.73 Å². The van der Waals surface area contributed by atoms with E-state index in [2.05, 4.69) is 31.2 Å². The van der Waals surface area contributed by atoms with Crippen molar-refractivity contribution in [3.05, 3.63) is 47.2 Å². The van der Waals surface area contributed by atoms with Crippen LogP contribution in [-0.2, 0) is 19.3 Å². The first-order valence-corrected chi connectivity index (χ1v) is 8.89. The molecule has 2 aromatic heterocycles. The van der Waals surface area contributed by atoms with Crippen LogP contribution in [-0.4, -0.2) is 4.98 Å². The van der Waals surface area contributed by atoms with Gasteiger partial charge in [-0.1, -0.05) is 37.3 Å². The van der Waals surface area contributed by atoms with E-state index in [-0.39, 0.29) is 0 Å². The predicted octanol–water partition coefficient (Wildman–Crippen LogP) is 4.99. The number of nitrogen functional groups attached to an aromatic ring is 1. The summed E-state index contributed by atoms with van der Waals surface area (Å²) >= 11 is 1.74. The second-order valence-corrected chi connectivity index (χ2v) is 6.97. The molecular formula is C19H20N2S. The van der Waals surface area contributed by atoms with Gasteiger partial charge >= 0.3 is 0 Å². The number of pyridine rings is 1. The van der Waals surface area contributed by atoms with Crippen molar-refractivity contribution in [2.24, 2.45) is 0 Å². The average Bonchev–Trinajstić information content (AvgIpc) is 2.92. The summed E-state index contributed by atoms with van der Waals surface area (Å²) in [6, 6.07) is 10.4. The number of hydrogen-bond donors (Lipinski definition) is 1. The van der Waals surface area contributed by atoms with Crippen LogP contribution >= 0.6 is 11.3 Å². The molecule has 1 aliphatic carbocycles. The smallest absolute Gasteiger partial charge is 0.126 e. The van der Waals surface area contributed by atoms with Crippen LogP contribution in [0.4, 0.5) is 5.69 Å². The van der Waals surface area contributed by atoms with E-state index >= 15 is 0 Å². The molecular weight excluding hydrogens is 288 g/mol. The first-order valence-electron chi connectivity index (χ1n) is 8.07. The summed E-state index contributed by atoms with van der Waals surface area (Å²) in [5, 5.41) is 1.23. The summed E-state index contributed by atoms with van der Waals surface area (Å²) in [6.45, 7) is 2.21. The van der Waals surface area contributed by atoms with Gasteiger partial charge in [0, 0.05) is 11.1 Å². The minimum Gasteiger partial charge on any atom is -0.397 e. The summed E-state index contributed by atoms with van der Waals surface area (Å²) in [7, 11) is 0. The van der Waals surface area contributed by atoms with Crippen molar-refractivity contribution in [1.29, 1.82) is 0 Å². The van der Waals surface area contributed by atoms with Gasteiger partial charge in [-0.25, -0.2) is 4.98 Å². The molecule has 22 heavy (non-hydrogen) atoms. The Bertz CT molecular complexity index is 834. The molecule has 0 amide bonds. The highest BCUT2D eigenvalue weighted by molar-refractivity contribution is 7.22. The topological polar surface area (TPSA) is 38.9 Å². The first-order chi connectivity index (χ1) is 10.8. The van der Waals surface area contributed by atoms with Gasteiger partial charge in [0.2, 0.25) is 0 Å². The Hall–Kier alpha value is -1.87. The lowest BCUT2D eigenvalue weighted by molar-refractivity contribution is 0.679. The fourth-order valence-corrected chi connectivity index (χ4v) is 4.74. The summed E-state index contributed by atoms with van der Waals surface area (Å²) < 4.78 is 0. The average molecular weight is 308 g/mol. The Balaban J connectivity index is 2.02. The van der Waals surface area contributed by atoms with Crippen LogP contribution in [0.1, 0.15) is 36.6 Å². The van der Waals surface area contributed by atoms with E-state index < -0.39 is 0 Å². The van der Waals surface area contributed by atoms with E-state index in [4.69, 9.17) is 10.7 Å². The van der Waals surface area contributed by atoms with E-state index in [1.807, 2.05) is 6.07 Å². The molecule has 0 unspecified atom stereocenters. The van der Waals surface area contributed by atoms with Crippen LogP contribution in [0, 0.1) is 0 Å². The number of anilines is 1. The summed E-state index contributed by atoms with van der Waals surface area (Å²) in [6.07, 6.45) is 5.87. The molecule has 0 fully saturated rings. The van der Waals surface area contributed by atoms with Crippen molar-refractivity contribution in [3.8, 4) is 10.4 Å². The van der Waals surface area contributed by atoms with Gasteiger partial charge in [0.1, 0.15) is 4.83 Å². The number of nitrogens with zero attached hydrogens (tertiary/aromatic N) is 1. The van der Waals surface area contributed by atoms with Gasteiger partial charge in [-0.2, -0.15) is 0 Å². The molecule has 0 atom stereocenters. The SMILES string of the molecule is CCc1nc2sc(-c3ccccc3)c(N)c2c2c1CCCC2. The molecule has 0 bridgehead atoms. The predicted molar refractivity (Wildman–Crippen MR) is 95.5 cm³/mol. The molecule has 112 valence electrons. The third-order valence-electron chi connectivity index (χ3n) is 4.65. The quantitative estimate of drug-likeness (QED) is 0.724. The minimum absolute atomic E-state index is 0.930. The fourth-order valence-electron chi connectivity index (χ4n) is 3.59. The number of benzene rings is 1. The van der Waals surface area contributed by atoms with Crippen molar-refractivity contribution in [2.75, 3.05) is 5.73 Å². The lowest BCUT2D eigenvalue weighted by Gasteiger charge is -2.19. The van der Waals surface area contributed by atoms with Crippen molar-refractivity contribution < 1.29 is 0 Å². The summed E-state index contributed by atoms with van der Waals surface area (Å²) in [4.78, 5) is 7.24. The van der Waals surface area contributed by atoms with E-state index in [0.717, 1.165) is 29.8 Å². The molecule has 0 aliphatic heterocycles. The molecule has 0 spiro atoms. The fraction of sp³-hybridized carbons (Fsp3) is 0.316. The van der Waals surface area contributed by atoms with Gasteiger partial charge in [0.25, 0.3) is 0 Å². The van der Waals surface area contributed by atoms with E-state index in [1.54, 1.807) is 11.3 Å². The van der Waals surface area contributed by atoms with E-state index in [1.165, 1.54) is 45.5 Å². The van der Waals surface area contributed by atoms with Crippen molar-refractivity contribution >= 4 is 27.2 Å². The largest absolute Gasteiger partial charge is 0.397 e. The first kappa shape index (κ1) is 13.8. The number of aromatic nitrogens is 1. The lowest BCUT2D eigenvalue weighted by atomic mass is 9.88. The van der Waals surface area contributed by atoms with Crippen molar-refractivity contribution in [2.45, 2.75) is 39.0 Å². The van der Waals surface area contributed by atoms with Crippen LogP contribution < -0.4 is 5.73 Å². The van der Waals surface area contributed by atoms with E-state index in [0.29, 0.717) is 0 Å². The lowest BCUT2D eigenvalue weighted by Crippen LogP contribution is -2.09. The summed E-state index contributed by atoms with van der Waals surface area (Å²) in [5.41, 5.74) is 12.9. The Morgan fingerprint density at radius 3 is 2.55 bits per heavy atom. The standard InChI is InChI=1S/C19H20N2S/c1-2-15-13-10-6-7-11-14(13)16-17(20)18(22-19(16)21-15)12-8-4-3-5-9-12/h3-5,8-9H,2,6-7,10-11,20H2,1H3. The number of nitrogens with two attached hydrogens (primary N) is 1. The monoisotopic (exact) mass is 308 g/mol. The molecule has 1 aliphatic rings. The number of hydrogen-bond acceptors (Lipinski definition) is 3. The van der Waals surface area contributed by atoms with Crippen LogP contribution in [0.25, 0.3) is 20.7 Å². The molecule has 3 heteroatoms. The maximum Gasteiger partial charge on any atom is 0.126 e. The third kappa shape index (κ3) is 2.03. The zero-order valence-corrected chi connectivity index (χ0v) is 13.7. The molecule has 0 radical (unpaired) electrons. The van der Waals surface area contributed by atoms with E-state index in [9.17, 15) is 0 Å². The summed E-state index contributed by atoms with van der Waals surface area (Å²) in [5.74, 6) is 0. The molecule has 0 saturated heterocycles. The molecule has 2 nitrogen and oxygen atoms in total. The zero-order valence-electron chi connectivity index (χ0n) is 12.9. The Morgan fingerprint density at radius 2 is 1.82 bits per heavy atom. The number of fused-ring (bicyclic) bond motifs is 3. The third-order valence-corrected chi connectivity index (χ3v) is 5.80. The van der Waals surface area contributed by atoms with Gasteiger partial charge in [-0.05, 0) is 48.8 Å². The Labute approximate surface area is 135 Å².